The highest BCUT2D eigenvalue weighted by Crippen LogP contribution is 2.26. The fourth-order valence-electron chi connectivity index (χ4n) is 3.48. The van der Waals surface area contributed by atoms with Crippen molar-refractivity contribution in [3.05, 3.63) is 45.9 Å². The number of hydrogen-bond acceptors (Lipinski definition) is 5. The molecule has 0 bridgehead atoms. The number of nitrogens with zero attached hydrogens (tertiary/aromatic N) is 2. The van der Waals surface area contributed by atoms with Gasteiger partial charge in [-0.15, -0.1) is 11.3 Å². The van der Waals surface area contributed by atoms with E-state index in [0.717, 1.165) is 37.4 Å². The van der Waals surface area contributed by atoms with Crippen molar-refractivity contribution >= 4 is 23.2 Å². The summed E-state index contributed by atoms with van der Waals surface area (Å²) in [4.78, 5) is 32.0. The van der Waals surface area contributed by atoms with Gasteiger partial charge in [0.2, 0.25) is 0 Å². The van der Waals surface area contributed by atoms with Crippen molar-refractivity contribution in [3.8, 4) is 5.75 Å². The number of carbonyl (C=O) groups excluding carboxylic acids is 2. The molecular formula is C22H29N3O3S. The second-order valence-electron chi connectivity index (χ2n) is 7.81. The topological polar surface area (TPSA) is 71.5 Å². The molecule has 1 atom stereocenters. The Labute approximate surface area is 176 Å². The molecule has 1 N–H and O–H groups in total. The summed E-state index contributed by atoms with van der Waals surface area (Å²) in [6.07, 6.45) is 4.04. The van der Waals surface area contributed by atoms with E-state index >= 15 is 0 Å². The van der Waals surface area contributed by atoms with Crippen molar-refractivity contribution in [1.29, 1.82) is 0 Å². The molecule has 6 nitrogen and oxygen atoms in total. The Balaban J connectivity index is 1.73. The number of aromatic nitrogens is 1. The smallest absolute Gasteiger partial charge is 0.273 e. The quantitative estimate of drug-likeness (QED) is 0.732. The molecule has 0 spiro atoms. The van der Waals surface area contributed by atoms with Crippen LogP contribution >= 0.6 is 11.3 Å². The second-order valence-corrected chi connectivity index (χ2v) is 8.70. The minimum absolute atomic E-state index is 0.00280. The number of piperidine rings is 1. The minimum Gasteiger partial charge on any atom is -0.497 e. The maximum Gasteiger partial charge on any atom is 0.273 e. The Morgan fingerprint density at radius 2 is 1.86 bits per heavy atom. The highest BCUT2D eigenvalue weighted by Gasteiger charge is 2.24. The van der Waals surface area contributed by atoms with E-state index in [-0.39, 0.29) is 17.9 Å². The van der Waals surface area contributed by atoms with Gasteiger partial charge < -0.3 is 15.0 Å². The highest BCUT2D eigenvalue weighted by molar-refractivity contribution is 7.09. The molecule has 3 rings (SSSR count). The van der Waals surface area contributed by atoms with Crippen molar-refractivity contribution in [3.63, 3.8) is 0 Å². The Morgan fingerprint density at radius 3 is 2.48 bits per heavy atom. The number of ether oxygens (including phenoxy) is 1. The molecule has 7 heteroatoms. The molecule has 1 aromatic heterocycles. The van der Waals surface area contributed by atoms with Gasteiger partial charge in [-0.25, -0.2) is 4.98 Å². The van der Waals surface area contributed by atoms with E-state index in [2.05, 4.69) is 24.1 Å². The van der Waals surface area contributed by atoms with Crippen molar-refractivity contribution in [1.82, 2.24) is 15.2 Å². The molecule has 0 saturated carbocycles. The zero-order chi connectivity index (χ0) is 20.8. The van der Waals surface area contributed by atoms with Gasteiger partial charge in [-0.3, -0.25) is 9.59 Å². The van der Waals surface area contributed by atoms with Crippen LogP contribution in [-0.2, 0) is 0 Å². The zero-order valence-electron chi connectivity index (χ0n) is 17.3. The molecular weight excluding hydrogens is 386 g/mol. The first-order valence-corrected chi connectivity index (χ1v) is 11.1. The number of rotatable bonds is 7. The fraction of sp³-hybridized carbons (Fsp3) is 0.500. The third-order valence-electron chi connectivity index (χ3n) is 5.05. The predicted molar refractivity (Wildman–Crippen MR) is 115 cm³/mol. The third kappa shape index (κ3) is 5.56. The number of amides is 2. The molecule has 2 aromatic rings. The first kappa shape index (κ1) is 21.3. The number of likely N-dealkylation sites (tertiary alicyclic amines) is 1. The molecule has 1 fully saturated rings. The summed E-state index contributed by atoms with van der Waals surface area (Å²) in [5.74, 6) is 0.928. The lowest BCUT2D eigenvalue weighted by Gasteiger charge is -2.25. The summed E-state index contributed by atoms with van der Waals surface area (Å²) < 4.78 is 5.15. The molecule has 1 aliphatic rings. The summed E-state index contributed by atoms with van der Waals surface area (Å²) in [7, 11) is 1.60. The number of methoxy groups -OCH3 is 1. The molecule has 1 aromatic carbocycles. The maximum atomic E-state index is 12.7. The van der Waals surface area contributed by atoms with Crippen LogP contribution in [0.2, 0.25) is 0 Å². The first-order valence-electron chi connectivity index (χ1n) is 10.2. The van der Waals surface area contributed by atoms with Crippen LogP contribution in [0.25, 0.3) is 0 Å². The van der Waals surface area contributed by atoms with Crippen LogP contribution in [0, 0.1) is 5.92 Å². The molecule has 2 amide bonds. The average molecular weight is 416 g/mol. The van der Waals surface area contributed by atoms with Crippen molar-refractivity contribution in [2.45, 2.75) is 45.6 Å². The number of benzene rings is 1. The molecule has 2 heterocycles. The van der Waals surface area contributed by atoms with Crippen LogP contribution in [-0.4, -0.2) is 41.9 Å². The highest BCUT2D eigenvalue weighted by atomic mass is 32.1. The van der Waals surface area contributed by atoms with Gasteiger partial charge in [0.25, 0.3) is 11.8 Å². The van der Waals surface area contributed by atoms with E-state index in [1.54, 1.807) is 31.4 Å². The number of nitrogens with one attached hydrogen (secondary N) is 1. The Hall–Kier alpha value is -2.41. The van der Waals surface area contributed by atoms with Crippen LogP contribution < -0.4 is 10.1 Å². The van der Waals surface area contributed by atoms with Gasteiger partial charge in [0.05, 0.1) is 13.2 Å². The molecule has 0 unspecified atom stereocenters. The number of thiazole rings is 1. The molecule has 29 heavy (non-hydrogen) atoms. The summed E-state index contributed by atoms with van der Waals surface area (Å²) >= 11 is 1.44. The van der Waals surface area contributed by atoms with E-state index in [9.17, 15) is 9.59 Å². The van der Waals surface area contributed by atoms with Crippen LogP contribution in [0.5, 0.6) is 5.75 Å². The molecule has 1 aliphatic heterocycles. The largest absolute Gasteiger partial charge is 0.497 e. The standard InChI is InChI=1S/C22H29N3O3S/c1-15(2)13-18(23-20(26)16-7-9-17(28-3)10-8-16)21-24-19(14-29-21)22(27)25-11-5-4-6-12-25/h7-10,14-15,18H,4-6,11-13H2,1-3H3,(H,23,26)/t18-/m0/s1. The molecule has 1 saturated heterocycles. The lowest BCUT2D eigenvalue weighted by atomic mass is 10.0. The van der Waals surface area contributed by atoms with E-state index < -0.39 is 0 Å². The van der Waals surface area contributed by atoms with Crippen LogP contribution in [0.1, 0.15) is 71.4 Å². The lowest BCUT2D eigenvalue weighted by molar-refractivity contribution is 0.0719. The predicted octanol–water partition coefficient (Wildman–Crippen LogP) is 4.30. The lowest BCUT2D eigenvalue weighted by Crippen LogP contribution is -2.36. The summed E-state index contributed by atoms with van der Waals surface area (Å²) in [5.41, 5.74) is 1.06. The second kappa shape index (κ2) is 9.87. The van der Waals surface area contributed by atoms with E-state index in [4.69, 9.17) is 4.74 Å². The molecule has 0 radical (unpaired) electrons. The van der Waals surface area contributed by atoms with Crippen LogP contribution in [0.3, 0.4) is 0 Å². The molecule has 0 aliphatic carbocycles. The maximum absolute atomic E-state index is 12.7. The SMILES string of the molecule is COc1ccc(C(=O)N[C@@H](CC(C)C)c2nc(C(=O)N3CCCCC3)cs2)cc1. The van der Waals surface area contributed by atoms with Gasteiger partial charge >= 0.3 is 0 Å². The van der Waals surface area contributed by atoms with E-state index in [0.29, 0.717) is 22.9 Å². The summed E-state index contributed by atoms with van der Waals surface area (Å²) in [6.45, 7) is 5.82. The monoisotopic (exact) mass is 415 g/mol. The first-order chi connectivity index (χ1) is 14.0. The van der Waals surface area contributed by atoms with Gasteiger partial charge in [-0.1, -0.05) is 13.8 Å². The van der Waals surface area contributed by atoms with Gasteiger partial charge in [0, 0.05) is 24.0 Å². The Bertz CT molecular complexity index is 826. The van der Waals surface area contributed by atoms with Gasteiger partial charge in [0.15, 0.2) is 0 Å². The van der Waals surface area contributed by atoms with Crippen LogP contribution in [0.15, 0.2) is 29.6 Å². The zero-order valence-corrected chi connectivity index (χ0v) is 18.1. The minimum atomic E-state index is -0.225. The summed E-state index contributed by atoms with van der Waals surface area (Å²) in [5, 5.41) is 5.69. The third-order valence-corrected chi connectivity index (χ3v) is 6.01. The summed E-state index contributed by atoms with van der Waals surface area (Å²) in [6, 6.07) is 6.80. The average Bonchev–Trinajstić information content (AvgIpc) is 3.23. The van der Waals surface area contributed by atoms with Gasteiger partial charge in [-0.2, -0.15) is 0 Å². The number of hydrogen-bond donors (Lipinski definition) is 1. The fourth-order valence-corrected chi connectivity index (χ4v) is 4.34. The Kier molecular flexibility index (Phi) is 7.25. The Morgan fingerprint density at radius 1 is 1.17 bits per heavy atom. The van der Waals surface area contributed by atoms with Gasteiger partial charge in [-0.05, 0) is 55.9 Å². The molecule has 156 valence electrons. The van der Waals surface area contributed by atoms with Crippen molar-refractivity contribution < 1.29 is 14.3 Å². The van der Waals surface area contributed by atoms with E-state index in [1.807, 2.05) is 10.3 Å². The van der Waals surface area contributed by atoms with Gasteiger partial charge in [0.1, 0.15) is 16.5 Å². The van der Waals surface area contributed by atoms with Crippen LogP contribution in [0.4, 0.5) is 0 Å². The normalized spacial score (nSPS) is 15.2. The van der Waals surface area contributed by atoms with Crippen molar-refractivity contribution in [2.75, 3.05) is 20.2 Å². The number of carbonyl (C=O) groups is 2. The van der Waals surface area contributed by atoms with E-state index in [1.165, 1.54) is 17.8 Å². The van der Waals surface area contributed by atoms with Crippen molar-refractivity contribution in [2.24, 2.45) is 5.92 Å².